The molecule has 1 saturated heterocycles. The van der Waals surface area contributed by atoms with Crippen LogP contribution in [-0.4, -0.2) is 40.1 Å². The quantitative estimate of drug-likeness (QED) is 0.679. The van der Waals surface area contributed by atoms with E-state index >= 15 is 0 Å². The molecule has 1 atom stereocenters. The summed E-state index contributed by atoms with van der Waals surface area (Å²) in [6.45, 7) is 2.72. The first kappa shape index (κ1) is 18.3. The summed E-state index contributed by atoms with van der Waals surface area (Å²) < 4.78 is 0. The molecule has 2 aliphatic rings. The number of carbonyl (C=O) groups is 1. The number of thioether (sulfide) groups is 1. The molecule has 9 heteroatoms. The number of para-hydroxylation sites is 2. The van der Waals surface area contributed by atoms with Crippen molar-refractivity contribution in [2.75, 3.05) is 33.7 Å². The van der Waals surface area contributed by atoms with E-state index in [4.69, 9.17) is 0 Å². The fraction of sp³-hybridized carbons (Fsp3) is 0.263. The highest BCUT2D eigenvalue weighted by Crippen LogP contribution is 2.38. The van der Waals surface area contributed by atoms with E-state index < -0.39 is 0 Å². The lowest BCUT2D eigenvalue weighted by atomic mass is 10.2. The number of hydrogen-bond donors (Lipinski definition) is 3. The molecule has 0 aliphatic carbocycles. The van der Waals surface area contributed by atoms with Gasteiger partial charge in [0.2, 0.25) is 11.9 Å². The topological polar surface area (TPSA) is 106 Å². The van der Waals surface area contributed by atoms with Crippen molar-refractivity contribution < 1.29 is 4.79 Å². The molecule has 2 aliphatic heterocycles. The molecule has 0 radical (unpaired) electrons. The lowest BCUT2D eigenvalue weighted by molar-refractivity contribution is -0.117. The van der Waals surface area contributed by atoms with E-state index in [1.165, 1.54) is 0 Å². The van der Waals surface area contributed by atoms with Gasteiger partial charge in [-0.25, -0.2) is 9.97 Å². The molecule has 3 heterocycles. The van der Waals surface area contributed by atoms with Gasteiger partial charge in [-0.15, -0.1) is 11.8 Å². The smallest absolute Gasteiger partial charge is 0.244 e. The molecule has 1 aromatic carbocycles. The van der Waals surface area contributed by atoms with Gasteiger partial charge in [-0.3, -0.25) is 15.4 Å². The molecular formula is C19H19N7OS. The molecule has 3 N–H and O–H groups in total. The predicted molar refractivity (Wildman–Crippen MR) is 111 cm³/mol. The fourth-order valence-corrected chi connectivity index (χ4v) is 4.15. The van der Waals surface area contributed by atoms with Crippen LogP contribution >= 0.6 is 11.8 Å². The Morgan fingerprint density at radius 2 is 2.29 bits per heavy atom. The second kappa shape index (κ2) is 7.88. The van der Waals surface area contributed by atoms with E-state index in [1.807, 2.05) is 36.1 Å². The van der Waals surface area contributed by atoms with Gasteiger partial charge >= 0.3 is 0 Å². The number of nitriles is 1. The molecule has 1 amide bonds. The molecule has 0 unspecified atom stereocenters. The molecule has 2 aromatic rings. The van der Waals surface area contributed by atoms with Crippen molar-refractivity contribution in [1.82, 2.24) is 15.3 Å². The zero-order chi connectivity index (χ0) is 19.5. The van der Waals surface area contributed by atoms with Crippen LogP contribution < -0.4 is 20.9 Å². The summed E-state index contributed by atoms with van der Waals surface area (Å²) in [5, 5.41) is 19.0. The molecular weight excluding hydrogens is 374 g/mol. The normalized spacial score (nSPS) is 19.6. The van der Waals surface area contributed by atoms with E-state index in [9.17, 15) is 10.1 Å². The number of fused-ring (bicyclic) bond motifs is 1. The first-order chi connectivity index (χ1) is 13.7. The van der Waals surface area contributed by atoms with Crippen molar-refractivity contribution in [3.63, 3.8) is 0 Å². The minimum Gasteiger partial charge on any atom is -0.339 e. The van der Waals surface area contributed by atoms with Crippen molar-refractivity contribution in [2.45, 2.75) is 13.0 Å². The maximum absolute atomic E-state index is 12.3. The third-order valence-electron chi connectivity index (χ3n) is 4.56. The number of aromatic nitrogens is 2. The molecule has 0 bridgehead atoms. The Kier molecular flexibility index (Phi) is 5.14. The highest BCUT2D eigenvalue weighted by atomic mass is 32.2. The van der Waals surface area contributed by atoms with Crippen LogP contribution in [0.1, 0.15) is 12.6 Å². The number of nitrogens with zero attached hydrogens (tertiary/aromatic N) is 4. The predicted octanol–water partition coefficient (Wildman–Crippen LogP) is 2.22. The van der Waals surface area contributed by atoms with Crippen molar-refractivity contribution in [1.29, 1.82) is 5.26 Å². The molecule has 0 spiro atoms. The number of carbonyl (C=O) groups excluding carboxylic acids is 1. The zero-order valence-electron chi connectivity index (χ0n) is 15.3. The van der Waals surface area contributed by atoms with E-state index in [2.05, 4.69) is 32.0 Å². The van der Waals surface area contributed by atoms with Crippen molar-refractivity contribution >= 4 is 40.6 Å². The van der Waals surface area contributed by atoms with E-state index in [1.54, 1.807) is 24.0 Å². The summed E-state index contributed by atoms with van der Waals surface area (Å²) >= 11 is 1.67. The van der Waals surface area contributed by atoms with Crippen molar-refractivity contribution in [3.8, 4) is 6.07 Å². The Morgan fingerprint density at radius 3 is 3.04 bits per heavy atom. The zero-order valence-corrected chi connectivity index (χ0v) is 16.1. The standard InChI is InChI=1S/C19H19N7OS/c1-2-26-16-6-4-3-5-14(16)23-17(26)12(9-20)13-7-8-21-19(24-13)25-18(27)15-10-28-11-22-15/h3-8,15,22-23H,2,10-11H2,1H3,(H,21,24,25,27)/b17-12+/t15-/m1/s1. The van der Waals surface area contributed by atoms with Gasteiger partial charge in [0.05, 0.1) is 23.1 Å². The van der Waals surface area contributed by atoms with Crippen LogP contribution in [0.15, 0.2) is 42.3 Å². The minimum atomic E-state index is -0.257. The molecule has 4 rings (SSSR count). The lowest BCUT2D eigenvalue weighted by Gasteiger charge is -2.19. The lowest BCUT2D eigenvalue weighted by Crippen LogP contribution is -2.37. The average Bonchev–Trinajstić information content (AvgIpc) is 3.37. The van der Waals surface area contributed by atoms with E-state index in [-0.39, 0.29) is 17.9 Å². The van der Waals surface area contributed by atoms with Gasteiger partial charge in [-0.2, -0.15) is 5.26 Å². The van der Waals surface area contributed by atoms with Gasteiger partial charge in [0, 0.05) is 24.4 Å². The number of benzene rings is 1. The Hall–Kier alpha value is -3.09. The Labute approximate surface area is 167 Å². The van der Waals surface area contributed by atoms with E-state index in [0.717, 1.165) is 17.3 Å². The van der Waals surface area contributed by atoms with Gasteiger partial charge in [-0.05, 0) is 25.1 Å². The monoisotopic (exact) mass is 393 g/mol. The molecule has 8 nitrogen and oxygen atoms in total. The van der Waals surface area contributed by atoms with Crippen molar-refractivity contribution in [3.05, 3.63) is 48.0 Å². The Balaban J connectivity index is 1.65. The van der Waals surface area contributed by atoms with Gasteiger partial charge in [-0.1, -0.05) is 12.1 Å². The molecule has 142 valence electrons. The van der Waals surface area contributed by atoms with Crippen LogP contribution in [0.5, 0.6) is 0 Å². The maximum Gasteiger partial charge on any atom is 0.244 e. The minimum absolute atomic E-state index is 0.171. The first-order valence-electron chi connectivity index (χ1n) is 8.94. The van der Waals surface area contributed by atoms with Crippen LogP contribution in [0.3, 0.4) is 0 Å². The Bertz CT molecular complexity index is 978. The molecule has 1 aromatic heterocycles. The molecule has 28 heavy (non-hydrogen) atoms. The highest BCUT2D eigenvalue weighted by molar-refractivity contribution is 7.99. The van der Waals surface area contributed by atoms with Crippen molar-refractivity contribution in [2.24, 2.45) is 0 Å². The molecule has 0 saturated carbocycles. The van der Waals surface area contributed by atoms with E-state index in [0.29, 0.717) is 29.4 Å². The number of hydrogen-bond acceptors (Lipinski definition) is 8. The van der Waals surface area contributed by atoms with Gasteiger partial charge in [0.25, 0.3) is 0 Å². The van der Waals surface area contributed by atoms with Crippen LogP contribution in [-0.2, 0) is 4.79 Å². The van der Waals surface area contributed by atoms with Crippen LogP contribution in [0.25, 0.3) is 5.57 Å². The van der Waals surface area contributed by atoms with Gasteiger partial charge in [0.15, 0.2) is 0 Å². The number of amides is 1. The summed E-state index contributed by atoms with van der Waals surface area (Å²) in [5.74, 6) is 2.16. The number of anilines is 3. The highest BCUT2D eigenvalue weighted by Gasteiger charge is 2.27. The maximum atomic E-state index is 12.3. The first-order valence-corrected chi connectivity index (χ1v) is 10.1. The third-order valence-corrected chi connectivity index (χ3v) is 5.50. The largest absolute Gasteiger partial charge is 0.339 e. The SMILES string of the molecule is CCN1/C(=C(\C#N)c2ccnc(NC(=O)[C@H]3CSCN3)n2)Nc2ccccc21. The second-order valence-corrected chi connectivity index (χ2v) is 7.28. The summed E-state index contributed by atoms with van der Waals surface area (Å²) in [4.78, 5) is 22.9. The number of rotatable bonds is 4. The van der Waals surface area contributed by atoms with Gasteiger partial charge in [0.1, 0.15) is 17.5 Å². The summed E-state index contributed by atoms with van der Waals surface area (Å²) in [6.07, 6.45) is 1.55. The summed E-state index contributed by atoms with van der Waals surface area (Å²) in [5.41, 5.74) is 2.81. The second-order valence-electron chi connectivity index (χ2n) is 6.25. The van der Waals surface area contributed by atoms with Crippen LogP contribution in [0.4, 0.5) is 17.3 Å². The fourth-order valence-electron chi connectivity index (χ4n) is 3.21. The van der Waals surface area contributed by atoms with Crippen LogP contribution in [0, 0.1) is 11.3 Å². The summed E-state index contributed by atoms with van der Waals surface area (Å²) in [6, 6.07) is 11.6. The average molecular weight is 393 g/mol. The Morgan fingerprint density at radius 1 is 1.43 bits per heavy atom. The number of allylic oxidation sites excluding steroid dienone is 1. The van der Waals surface area contributed by atoms with Crippen LogP contribution in [0.2, 0.25) is 0 Å². The molecule has 1 fully saturated rings. The van der Waals surface area contributed by atoms with Gasteiger partial charge < -0.3 is 10.2 Å². The summed E-state index contributed by atoms with van der Waals surface area (Å²) in [7, 11) is 0. The third kappa shape index (κ3) is 3.40. The number of nitrogens with one attached hydrogen (secondary N) is 3.